The van der Waals surface area contributed by atoms with Gasteiger partial charge < -0.3 is 11.1 Å². The van der Waals surface area contributed by atoms with Gasteiger partial charge in [-0.1, -0.05) is 12.1 Å². The molecule has 0 aliphatic rings. The van der Waals surface area contributed by atoms with E-state index in [0.29, 0.717) is 5.56 Å². The highest BCUT2D eigenvalue weighted by atomic mass is 35.5. The number of hydrogen-bond donors (Lipinski definition) is 3. The first-order chi connectivity index (χ1) is 12.5. The lowest BCUT2D eigenvalue weighted by Crippen LogP contribution is -2.16. The van der Waals surface area contributed by atoms with E-state index in [4.69, 9.17) is 17.3 Å². The molecule has 0 heterocycles. The van der Waals surface area contributed by atoms with Crippen LogP contribution < -0.4 is 11.1 Å². The predicted octanol–water partition coefficient (Wildman–Crippen LogP) is 1.92. The van der Waals surface area contributed by atoms with Gasteiger partial charge >= 0.3 is 0 Å². The zero-order valence-electron chi connectivity index (χ0n) is 13.9. The molecular formula is C16H17ClN2O6S2. The number of sulfone groups is 1. The largest absolute Gasteiger partial charge is 0.399 e. The van der Waals surface area contributed by atoms with Gasteiger partial charge in [-0.2, -0.15) is 8.42 Å². The quantitative estimate of drug-likeness (QED) is 0.344. The number of carbonyl (C=O) groups excluding carboxylic acids is 1. The van der Waals surface area contributed by atoms with Gasteiger partial charge in [0.05, 0.1) is 17.2 Å². The van der Waals surface area contributed by atoms with Crippen molar-refractivity contribution in [1.82, 2.24) is 0 Å². The molecule has 146 valence electrons. The number of nitrogens with one attached hydrogen (secondary N) is 1. The SMILES string of the molecule is Nc1ccc(S(=O)(=O)O)c(NC(=O)c2cccc(CS(=O)(=O)CCCl)c2)c1. The highest BCUT2D eigenvalue weighted by molar-refractivity contribution is 7.90. The molecule has 0 fully saturated rings. The third-order valence-corrected chi connectivity index (χ3v) is 6.42. The van der Waals surface area contributed by atoms with Gasteiger partial charge in [0.25, 0.3) is 16.0 Å². The van der Waals surface area contributed by atoms with Crippen LogP contribution >= 0.6 is 11.6 Å². The molecule has 8 nitrogen and oxygen atoms in total. The number of hydrogen-bond acceptors (Lipinski definition) is 6. The van der Waals surface area contributed by atoms with Crippen LogP contribution in [0.25, 0.3) is 0 Å². The van der Waals surface area contributed by atoms with E-state index in [1.54, 1.807) is 6.07 Å². The van der Waals surface area contributed by atoms with Crippen LogP contribution in [0.3, 0.4) is 0 Å². The van der Waals surface area contributed by atoms with Crippen molar-refractivity contribution in [2.75, 3.05) is 22.7 Å². The molecule has 27 heavy (non-hydrogen) atoms. The molecule has 2 aromatic rings. The molecule has 0 radical (unpaired) electrons. The lowest BCUT2D eigenvalue weighted by atomic mass is 10.1. The molecule has 0 spiro atoms. The van der Waals surface area contributed by atoms with Crippen LogP contribution in [-0.2, 0) is 25.7 Å². The van der Waals surface area contributed by atoms with Crippen molar-refractivity contribution in [3.8, 4) is 0 Å². The van der Waals surface area contributed by atoms with Crippen molar-refractivity contribution < 1.29 is 26.2 Å². The van der Waals surface area contributed by atoms with E-state index in [0.717, 1.165) is 6.07 Å². The van der Waals surface area contributed by atoms with E-state index >= 15 is 0 Å². The summed E-state index contributed by atoms with van der Waals surface area (Å²) in [6.45, 7) is 0. The molecular weight excluding hydrogens is 416 g/mol. The van der Waals surface area contributed by atoms with Crippen molar-refractivity contribution in [3.63, 3.8) is 0 Å². The van der Waals surface area contributed by atoms with E-state index in [1.165, 1.54) is 30.3 Å². The van der Waals surface area contributed by atoms with Crippen LogP contribution in [0, 0.1) is 0 Å². The molecule has 0 bridgehead atoms. The first kappa shape index (κ1) is 21.2. The van der Waals surface area contributed by atoms with E-state index in [1.807, 2.05) is 0 Å². The summed E-state index contributed by atoms with van der Waals surface area (Å²) in [5.74, 6) is -1.19. The number of nitrogen functional groups attached to an aromatic ring is 1. The maximum Gasteiger partial charge on any atom is 0.296 e. The highest BCUT2D eigenvalue weighted by Crippen LogP contribution is 2.24. The Kier molecular flexibility index (Phi) is 6.47. The summed E-state index contributed by atoms with van der Waals surface area (Å²) in [5.41, 5.74) is 6.08. The van der Waals surface area contributed by atoms with Gasteiger partial charge in [-0.3, -0.25) is 9.35 Å². The number of benzene rings is 2. The van der Waals surface area contributed by atoms with Gasteiger partial charge in [-0.15, -0.1) is 11.6 Å². The lowest BCUT2D eigenvalue weighted by Gasteiger charge is -2.11. The highest BCUT2D eigenvalue weighted by Gasteiger charge is 2.19. The molecule has 11 heteroatoms. The molecule has 0 aromatic heterocycles. The Bertz CT molecular complexity index is 1070. The van der Waals surface area contributed by atoms with Crippen LogP contribution in [0.5, 0.6) is 0 Å². The third-order valence-electron chi connectivity index (χ3n) is 3.49. The third kappa shape index (κ3) is 5.93. The summed E-state index contributed by atoms with van der Waals surface area (Å²) in [6.07, 6.45) is 0. The summed E-state index contributed by atoms with van der Waals surface area (Å²) in [4.78, 5) is 11.9. The molecule has 0 atom stereocenters. The van der Waals surface area contributed by atoms with E-state index in [9.17, 15) is 26.2 Å². The van der Waals surface area contributed by atoms with E-state index in [-0.39, 0.29) is 34.3 Å². The molecule has 0 saturated heterocycles. The van der Waals surface area contributed by atoms with Gasteiger partial charge in [-0.25, -0.2) is 8.42 Å². The minimum Gasteiger partial charge on any atom is -0.399 e. The molecule has 0 saturated carbocycles. The Morgan fingerprint density at radius 2 is 1.81 bits per heavy atom. The second-order valence-electron chi connectivity index (χ2n) is 5.67. The Balaban J connectivity index is 2.30. The standard InChI is InChI=1S/C16H17ClN2O6S2/c17-6-7-26(21,22)10-11-2-1-3-12(8-11)16(20)19-14-9-13(18)4-5-15(14)27(23,24)25/h1-5,8-9H,6-7,10,18H2,(H,19,20)(H,23,24,25). The summed E-state index contributed by atoms with van der Waals surface area (Å²) < 4.78 is 55.9. The van der Waals surface area contributed by atoms with E-state index < -0.39 is 30.8 Å². The molecule has 2 aromatic carbocycles. The van der Waals surface area contributed by atoms with Crippen molar-refractivity contribution in [2.24, 2.45) is 0 Å². The van der Waals surface area contributed by atoms with Crippen LogP contribution in [0.1, 0.15) is 15.9 Å². The first-order valence-corrected chi connectivity index (χ1v) is 11.3. The fraction of sp³-hybridized carbons (Fsp3) is 0.188. The van der Waals surface area contributed by atoms with Crippen molar-refractivity contribution in [3.05, 3.63) is 53.6 Å². The van der Waals surface area contributed by atoms with Crippen molar-refractivity contribution in [1.29, 1.82) is 0 Å². The maximum atomic E-state index is 12.4. The summed E-state index contributed by atoms with van der Waals surface area (Å²) in [6, 6.07) is 9.38. The number of rotatable bonds is 7. The zero-order valence-corrected chi connectivity index (χ0v) is 16.3. The molecule has 2 rings (SSSR count). The second kappa shape index (κ2) is 8.26. The van der Waals surface area contributed by atoms with Gasteiger partial charge in [0, 0.05) is 17.1 Å². The topological polar surface area (TPSA) is 144 Å². The van der Waals surface area contributed by atoms with Crippen molar-refractivity contribution in [2.45, 2.75) is 10.6 Å². The summed E-state index contributed by atoms with van der Waals surface area (Å²) in [5, 5.41) is 2.36. The fourth-order valence-corrected chi connectivity index (χ4v) is 4.71. The molecule has 0 aliphatic heterocycles. The van der Waals surface area contributed by atoms with Crippen LogP contribution in [-0.4, -0.2) is 38.9 Å². The second-order valence-corrected chi connectivity index (χ2v) is 9.62. The zero-order chi connectivity index (χ0) is 20.2. The van der Waals surface area contributed by atoms with Crippen molar-refractivity contribution >= 4 is 48.8 Å². The monoisotopic (exact) mass is 432 g/mol. The number of anilines is 2. The normalized spacial score (nSPS) is 11.9. The Labute approximate surface area is 162 Å². The summed E-state index contributed by atoms with van der Waals surface area (Å²) >= 11 is 5.47. The van der Waals surface area contributed by atoms with Crippen LogP contribution in [0.15, 0.2) is 47.4 Å². The molecule has 0 aliphatic carbocycles. The minimum absolute atomic E-state index is 0.0314. The van der Waals surface area contributed by atoms with Gasteiger partial charge in [-0.05, 0) is 35.9 Å². The van der Waals surface area contributed by atoms with Crippen LogP contribution in [0.2, 0.25) is 0 Å². The number of halogens is 1. The molecule has 1 amide bonds. The van der Waals surface area contributed by atoms with E-state index in [2.05, 4.69) is 5.32 Å². The number of amides is 1. The smallest absolute Gasteiger partial charge is 0.296 e. The van der Waals surface area contributed by atoms with Gasteiger partial charge in [0.2, 0.25) is 0 Å². The van der Waals surface area contributed by atoms with Crippen LogP contribution in [0.4, 0.5) is 11.4 Å². The predicted molar refractivity (Wildman–Crippen MR) is 103 cm³/mol. The average Bonchev–Trinajstić information content (AvgIpc) is 2.53. The average molecular weight is 433 g/mol. The molecule has 0 unspecified atom stereocenters. The Morgan fingerprint density at radius 3 is 2.44 bits per heavy atom. The van der Waals surface area contributed by atoms with Gasteiger partial charge in [0.15, 0.2) is 9.84 Å². The lowest BCUT2D eigenvalue weighted by molar-refractivity contribution is 0.102. The number of nitrogens with two attached hydrogens (primary N) is 1. The molecule has 4 N–H and O–H groups in total. The fourth-order valence-electron chi connectivity index (χ4n) is 2.31. The maximum absolute atomic E-state index is 12.4. The Hall–Kier alpha value is -2.14. The first-order valence-electron chi connectivity index (χ1n) is 7.55. The number of carbonyl (C=O) groups is 1. The Morgan fingerprint density at radius 1 is 1.11 bits per heavy atom. The van der Waals surface area contributed by atoms with Gasteiger partial charge in [0.1, 0.15) is 4.90 Å². The minimum atomic E-state index is -4.58. The number of alkyl halides is 1. The summed E-state index contributed by atoms with van der Waals surface area (Å²) in [7, 11) is -7.99.